The van der Waals surface area contributed by atoms with E-state index in [1.54, 1.807) is 24.3 Å². The zero-order valence-corrected chi connectivity index (χ0v) is 12.0. The number of carbonyl (C=O) groups excluding carboxylic acids is 2. The van der Waals surface area contributed by atoms with Crippen LogP contribution in [0.4, 0.5) is 0 Å². The first-order valence-corrected chi connectivity index (χ1v) is 6.31. The second-order valence-corrected chi connectivity index (χ2v) is 4.86. The normalized spacial score (nSPS) is 17.0. The van der Waals surface area contributed by atoms with E-state index in [0.29, 0.717) is 11.3 Å². The van der Waals surface area contributed by atoms with Crippen molar-refractivity contribution in [2.45, 2.75) is 19.6 Å². The number of ether oxygens (including phenoxy) is 4. The number of benzene rings is 1. The lowest BCUT2D eigenvalue weighted by Crippen LogP contribution is -2.41. The molecule has 1 fully saturated rings. The molecule has 6 heteroatoms. The molecule has 0 amide bonds. The highest BCUT2D eigenvalue weighted by molar-refractivity contribution is 6.18. The second kappa shape index (κ2) is 5.97. The summed E-state index contributed by atoms with van der Waals surface area (Å²) in [6.45, 7) is 3.11. The molecule has 0 atom stereocenters. The molecule has 0 N–H and O–H groups in total. The molecule has 0 aromatic heterocycles. The number of esters is 2. The van der Waals surface area contributed by atoms with Crippen LogP contribution in [0, 0.1) is 0 Å². The molecule has 0 saturated carbocycles. The Bertz CT molecular complexity index is 566. The molecule has 0 unspecified atom stereocenters. The third-order valence-electron chi connectivity index (χ3n) is 2.63. The van der Waals surface area contributed by atoms with Crippen molar-refractivity contribution < 1.29 is 28.5 Å². The van der Waals surface area contributed by atoms with Gasteiger partial charge in [-0.25, -0.2) is 9.59 Å². The smallest absolute Gasteiger partial charge is 0.348 e. The summed E-state index contributed by atoms with van der Waals surface area (Å²) in [5.41, 5.74) is 0.463. The highest BCUT2D eigenvalue weighted by Gasteiger charge is 2.38. The Kier molecular flexibility index (Phi) is 4.28. The molecule has 2 rings (SSSR count). The Morgan fingerprint density at radius 1 is 1.19 bits per heavy atom. The van der Waals surface area contributed by atoms with E-state index >= 15 is 0 Å². The average molecular weight is 292 g/mol. The molecule has 112 valence electrons. The van der Waals surface area contributed by atoms with Gasteiger partial charge in [0.2, 0.25) is 0 Å². The summed E-state index contributed by atoms with van der Waals surface area (Å²) in [6, 6.07) is 6.88. The third-order valence-corrected chi connectivity index (χ3v) is 2.63. The maximum Gasteiger partial charge on any atom is 0.348 e. The Labute approximate surface area is 122 Å². The lowest BCUT2D eigenvalue weighted by Gasteiger charge is -2.29. The van der Waals surface area contributed by atoms with Gasteiger partial charge < -0.3 is 18.9 Å². The van der Waals surface area contributed by atoms with E-state index in [2.05, 4.69) is 0 Å². The first-order chi connectivity index (χ1) is 9.91. The van der Waals surface area contributed by atoms with Crippen LogP contribution >= 0.6 is 0 Å². The minimum absolute atomic E-state index is 0.109. The van der Waals surface area contributed by atoms with E-state index in [-0.39, 0.29) is 12.4 Å². The van der Waals surface area contributed by atoms with E-state index < -0.39 is 17.7 Å². The van der Waals surface area contributed by atoms with E-state index in [1.165, 1.54) is 27.0 Å². The summed E-state index contributed by atoms with van der Waals surface area (Å²) < 4.78 is 20.1. The van der Waals surface area contributed by atoms with Gasteiger partial charge in [0.25, 0.3) is 5.79 Å². The van der Waals surface area contributed by atoms with Crippen LogP contribution in [-0.2, 0) is 23.8 Å². The molecular weight excluding hydrogens is 276 g/mol. The fraction of sp³-hybridized carbons (Fsp3) is 0.333. The molecule has 1 aliphatic heterocycles. The minimum Gasteiger partial charge on any atom is -0.468 e. The highest BCUT2D eigenvalue weighted by Crippen LogP contribution is 2.25. The Morgan fingerprint density at radius 2 is 1.86 bits per heavy atom. The largest absolute Gasteiger partial charge is 0.468 e. The maximum atomic E-state index is 11.8. The van der Waals surface area contributed by atoms with Crippen molar-refractivity contribution in [3.05, 3.63) is 35.4 Å². The van der Waals surface area contributed by atoms with E-state index in [1.807, 2.05) is 0 Å². The van der Waals surface area contributed by atoms with Crippen LogP contribution in [0.2, 0.25) is 0 Å². The summed E-state index contributed by atoms with van der Waals surface area (Å²) in [6.07, 6.45) is 1.40. The molecule has 0 spiro atoms. The molecule has 0 radical (unpaired) electrons. The number of hydrogen-bond donors (Lipinski definition) is 0. The summed E-state index contributed by atoms with van der Waals surface area (Å²) in [7, 11) is 1.52. The average Bonchev–Trinajstić information content (AvgIpc) is 2.40. The first kappa shape index (κ1) is 15.1. The van der Waals surface area contributed by atoms with Gasteiger partial charge in [-0.1, -0.05) is 12.1 Å². The molecular formula is C15H16O6. The topological polar surface area (TPSA) is 71.1 Å². The van der Waals surface area contributed by atoms with Gasteiger partial charge in [0, 0.05) is 21.0 Å². The molecule has 1 aromatic rings. The SMILES string of the molecule is COCOc1cccc(C=C2C(=O)OC(C)(C)OC2=O)c1. The second-order valence-electron chi connectivity index (χ2n) is 4.86. The molecule has 21 heavy (non-hydrogen) atoms. The van der Waals surface area contributed by atoms with Crippen molar-refractivity contribution >= 4 is 18.0 Å². The van der Waals surface area contributed by atoms with Gasteiger partial charge in [0.05, 0.1) is 0 Å². The van der Waals surface area contributed by atoms with Crippen LogP contribution in [-0.4, -0.2) is 31.6 Å². The minimum atomic E-state index is -1.24. The molecule has 1 aromatic carbocycles. The molecule has 0 bridgehead atoms. The molecule has 0 aliphatic carbocycles. The summed E-state index contributed by atoms with van der Waals surface area (Å²) >= 11 is 0. The number of methoxy groups -OCH3 is 1. The van der Waals surface area contributed by atoms with Gasteiger partial charge in [-0.3, -0.25) is 0 Å². The van der Waals surface area contributed by atoms with E-state index in [0.717, 1.165) is 0 Å². The predicted molar refractivity (Wildman–Crippen MR) is 73.2 cm³/mol. The molecule has 1 saturated heterocycles. The molecule has 1 heterocycles. The zero-order chi connectivity index (χ0) is 15.5. The van der Waals surface area contributed by atoms with E-state index in [4.69, 9.17) is 18.9 Å². The fourth-order valence-corrected chi connectivity index (χ4v) is 1.77. The van der Waals surface area contributed by atoms with Gasteiger partial charge in [0.15, 0.2) is 6.79 Å². The lowest BCUT2D eigenvalue weighted by molar-refractivity contribution is -0.222. The predicted octanol–water partition coefficient (Wildman–Crippen LogP) is 1.89. The lowest BCUT2D eigenvalue weighted by atomic mass is 10.1. The van der Waals surface area contributed by atoms with Crippen LogP contribution in [0.25, 0.3) is 6.08 Å². The van der Waals surface area contributed by atoms with Crippen LogP contribution < -0.4 is 4.74 Å². The standard InChI is InChI=1S/C15H16O6/c1-15(2)20-13(16)12(14(17)21-15)8-10-5-4-6-11(7-10)19-9-18-3/h4-8H,9H2,1-3H3. The van der Waals surface area contributed by atoms with Gasteiger partial charge in [-0.15, -0.1) is 0 Å². The molecule has 1 aliphatic rings. The van der Waals surface area contributed by atoms with Crippen LogP contribution in [0.3, 0.4) is 0 Å². The summed E-state index contributed by atoms with van der Waals surface area (Å²) in [5, 5.41) is 0. The number of carbonyl (C=O) groups is 2. The fourth-order valence-electron chi connectivity index (χ4n) is 1.77. The summed E-state index contributed by atoms with van der Waals surface area (Å²) in [4.78, 5) is 23.7. The first-order valence-electron chi connectivity index (χ1n) is 6.31. The zero-order valence-electron chi connectivity index (χ0n) is 12.0. The van der Waals surface area contributed by atoms with E-state index in [9.17, 15) is 9.59 Å². The van der Waals surface area contributed by atoms with Crippen LogP contribution in [0.15, 0.2) is 29.8 Å². The quantitative estimate of drug-likeness (QED) is 0.365. The highest BCUT2D eigenvalue weighted by atomic mass is 16.7. The Balaban J connectivity index is 2.23. The van der Waals surface area contributed by atoms with Crippen molar-refractivity contribution in [2.75, 3.05) is 13.9 Å². The van der Waals surface area contributed by atoms with Crippen molar-refractivity contribution in [1.82, 2.24) is 0 Å². The van der Waals surface area contributed by atoms with Crippen molar-refractivity contribution in [1.29, 1.82) is 0 Å². The van der Waals surface area contributed by atoms with Gasteiger partial charge >= 0.3 is 11.9 Å². The van der Waals surface area contributed by atoms with Gasteiger partial charge in [-0.05, 0) is 23.8 Å². The number of hydrogen-bond acceptors (Lipinski definition) is 6. The summed E-state index contributed by atoms with van der Waals surface area (Å²) in [5.74, 6) is -2.10. The number of rotatable bonds is 4. The monoisotopic (exact) mass is 292 g/mol. The molecule has 6 nitrogen and oxygen atoms in total. The number of cyclic esters (lactones) is 2. The third kappa shape index (κ3) is 3.82. The Morgan fingerprint density at radius 3 is 2.48 bits per heavy atom. The van der Waals surface area contributed by atoms with Crippen molar-refractivity contribution in [3.8, 4) is 5.75 Å². The van der Waals surface area contributed by atoms with Gasteiger partial charge in [-0.2, -0.15) is 0 Å². The van der Waals surface area contributed by atoms with Crippen molar-refractivity contribution in [2.24, 2.45) is 0 Å². The van der Waals surface area contributed by atoms with Crippen molar-refractivity contribution in [3.63, 3.8) is 0 Å². The Hall–Kier alpha value is -2.34. The maximum absolute atomic E-state index is 11.8. The van der Waals surface area contributed by atoms with Crippen LogP contribution in [0.1, 0.15) is 19.4 Å². The van der Waals surface area contributed by atoms with Gasteiger partial charge in [0.1, 0.15) is 11.3 Å². The van der Waals surface area contributed by atoms with Crippen LogP contribution in [0.5, 0.6) is 5.75 Å².